The Kier molecular flexibility index (Phi) is 3.05. The molecule has 0 spiro atoms. The molecule has 4 heteroatoms. The molecule has 0 aliphatic rings. The van der Waals surface area contributed by atoms with Crippen LogP contribution in [0.3, 0.4) is 0 Å². The maximum absolute atomic E-state index is 4.57. The highest BCUT2D eigenvalue weighted by Crippen LogP contribution is 2.28. The number of aromatic nitrogens is 3. The van der Waals surface area contributed by atoms with E-state index in [0.717, 1.165) is 16.9 Å². The first kappa shape index (κ1) is 13.2. The minimum atomic E-state index is 0.951. The van der Waals surface area contributed by atoms with Crippen molar-refractivity contribution in [3.63, 3.8) is 0 Å². The highest BCUT2D eigenvalue weighted by Gasteiger charge is 2.12. The number of hydrogen-bond donors (Lipinski definition) is 0. The van der Waals surface area contributed by atoms with E-state index in [9.17, 15) is 0 Å². The van der Waals surface area contributed by atoms with Gasteiger partial charge in [-0.2, -0.15) is 0 Å². The van der Waals surface area contributed by atoms with Crippen molar-refractivity contribution in [2.24, 2.45) is 0 Å². The molecule has 3 nitrogen and oxygen atoms in total. The number of thiazole rings is 1. The van der Waals surface area contributed by atoms with Crippen molar-refractivity contribution >= 4 is 21.6 Å². The number of rotatable bonds is 2. The molecule has 0 N–H and O–H groups in total. The van der Waals surface area contributed by atoms with E-state index in [1.54, 1.807) is 11.3 Å². The molecule has 4 rings (SSSR count). The molecule has 22 heavy (non-hydrogen) atoms. The van der Waals surface area contributed by atoms with Crippen LogP contribution < -0.4 is 0 Å². The quantitative estimate of drug-likeness (QED) is 0.534. The van der Waals surface area contributed by atoms with Crippen LogP contribution in [0, 0.1) is 13.8 Å². The van der Waals surface area contributed by atoms with E-state index in [-0.39, 0.29) is 0 Å². The van der Waals surface area contributed by atoms with Crippen LogP contribution >= 0.6 is 11.3 Å². The molecule has 0 aliphatic heterocycles. The van der Waals surface area contributed by atoms with Gasteiger partial charge >= 0.3 is 0 Å². The second-order valence-electron chi connectivity index (χ2n) is 5.40. The molecule has 2 aromatic carbocycles. The summed E-state index contributed by atoms with van der Waals surface area (Å²) < 4.78 is 3.37. The third-order valence-electron chi connectivity index (χ3n) is 3.91. The summed E-state index contributed by atoms with van der Waals surface area (Å²) in [6.07, 6.45) is 3.88. The molecule has 0 radical (unpaired) electrons. The molecule has 4 aromatic rings. The van der Waals surface area contributed by atoms with Gasteiger partial charge in [-0.25, -0.2) is 9.97 Å². The average molecular weight is 305 g/mol. The van der Waals surface area contributed by atoms with Crippen LogP contribution in [0.5, 0.6) is 0 Å². The molecular weight excluding hydrogens is 290 g/mol. The molecule has 2 aromatic heterocycles. The SMILES string of the molecule is Cc1cccc(C)c1-n1ccnc1-c1ccc2scnc2c1. The highest BCUT2D eigenvalue weighted by molar-refractivity contribution is 7.16. The average Bonchev–Trinajstić information content (AvgIpc) is 3.15. The van der Waals surface area contributed by atoms with Gasteiger partial charge in [-0.05, 0) is 43.2 Å². The topological polar surface area (TPSA) is 30.7 Å². The van der Waals surface area contributed by atoms with Crippen LogP contribution in [-0.4, -0.2) is 14.5 Å². The first-order valence-electron chi connectivity index (χ1n) is 7.17. The Labute approximate surface area is 132 Å². The van der Waals surface area contributed by atoms with Gasteiger partial charge < -0.3 is 0 Å². The predicted octanol–water partition coefficient (Wildman–Crippen LogP) is 4.77. The lowest BCUT2D eigenvalue weighted by Gasteiger charge is -2.13. The minimum absolute atomic E-state index is 0.951. The summed E-state index contributed by atoms with van der Waals surface area (Å²) in [5.74, 6) is 0.951. The fraction of sp³-hybridized carbons (Fsp3) is 0.111. The zero-order valence-electron chi connectivity index (χ0n) is 12.4. The molecule has 0 aliphatic carbocycles. The number of hydrogen-bond acceptors (Lipinski definition) is 3. The van der Waals surface area contributed by atoms with E-state index in [1.165, 1.54) is 21.5 Å². The molecule has 0 saturated heterocycles. The summed E-state index contributed by atoms with van der Waals surface area (Å²) in [5.41, 5.74) is 7.69. The maximum Gasteiger partial charge on any atom is 0.144 e. The Bertz CT molecular complexity index is 945. The van der Waals surface area contributed by atoms with Crippen LogP contribution in [0.2, 0.25) is 0 Å². The minimum Gasteiger partial charge on any atom is -0.299 e. The van der Waals surface area contributed by atoms with Crippen molar-refractivity contribution in [2.75, 3.05) is 0 Å². The summed E-state index contributed by atoms with van der Waals surface area (Å²) in [6, 6.07) is 12.7. The van der Waals surface area contributed by atoms with Crippen LogP contribution in [0.1, 0.15) is 11.1 Å². The highest BCUT2D eigenvalue weighted by atomic mass is 32.1. The normalized spacial score (nSPS) is 11.2. The van der Waals surface area contributed by atoms with Gasteiger partial charge in [0.15, 0.2) is 0 Å². The predicted molar refractivity (Wildman–Crippen MR) is 91.7 cm³/mol. The first-order valence-corrected chi connectivity index (χ1v) is 8.05. The lowest BCUT2D eigenvalue weighted by Crippen LogP contribution is -2.01. The first-order chi connectivity index (χ1) is 10.7. The summed E-state index contributed by atoms with van der Waals surface area (Å²) in [7, 11) is 0. The molecule has 0 bridgehead atoms. The maximum atomic E-state index is 4.57. The Hall–Kier alpha value is -2.46. The zero-order chi connectivity index (χ0) is 15.1. The third-order valence-corrected chi connectivity index (χ3v) is 4.72. The second kappa shape index (κ2) is 5.07. The number of para-hydroxylation sites is 1. The van der Waals surface area contributed by atoms with Gasteiger partial charge in [0.1, 0.15) is 5.82 Å². The smallest absolute Gasteiger partial charge is 0.144 e. The summed E-state index contributed by atoms with van der Waals surface area (Å²) in [6.45, 7) is 4.27. The van der Waals surface area contributed by atoms with Gasteiger partial charge in [0, 0.05) is 18.0 Å². The molecular formula is C18H15N3S. The van der Waals surface area contributed by atoms with Crippen molar-refractivity contribution in [3.05, 3.63) is 65.4 Å². The van der Waals surface area contributed by atoms with Crippen molar-refractivity contribution in [1.82, 2.24) is 14.5 Å². The number of aryl methyl sites for hydroxylation is 2. The van der Waals surface area contributed by atoms with Crippen molar-refractivity contribution < 1.29 is 0 Å². The van der Waals surface area contributed by atoms with Crippen molar-refractivity contribution in [1.29, 1.82) is 0 Å². The van der Waals surface area contributed by atoms with E-state index in [0.29, 0.717) is 0 Å². The Morgan fingerprint density at radius 2 is 1.82 bits per heavy atom. The Morgan fingerprint density at radius 1 is 1.00 bits per heavy atom. The fourth-order valence-electron chi connectivity index (χ4n) is 2.88. The van der Waals surface area contributed by atoms with Gasteiger partial charge in [0.25, 0.3) is 0 Å². The third kappa shape index (κ3) is 2.04. The molecule has 0 saturated carbocycles. The molecule has 0 atom stereocenters. The van der Waals surface area contributed by atoms with Gasteiger partial charge in [-0.1, -0.05) is 18.2 Å². The van der Waals surface area contributed by atoms with E-state index in [2.05, 4.69) is 64.8 Å². The van der Waals surface area contributed by atoms with Crippen LogP contribution in [0.25, 0.3) is 27.3 Å². The van der Waals surface area contributed by atoms with Crippen molar-refractivity contribution in [3.8, 4) is 17.1 Å². The Morgan fingerprint density at radius 3 is 2.64 bits per heavy atom. The lowest BCUT2D eigenvalue weighted by molar-refractivity contribution is 1.03. The number of imidazole rings is 1. The molecule has 2 heterocycles. The van der Waals surface area contributed by atoms with Crippen LogP contribution in [0.15, 0.2) is 54.3 Å². The Balaban J connectivity index is 1.93. The summed E-state index contributed by atoms with van der Waals surface area (Å²) in [5, 5.41) is 0. The summed E-state index contributed by atoms with van der Waals surface area (Å²) in [4.78, 5) is 8.98. The van der Waals surface area contributed by atoms with Gasteiger partial charge in [-0.3, -0.25) is 4.57 Å². The monoisotopic (exact) mass is 305 g/mol. The number of fused-ring (bicyclic) bond motifs is 1. The fourth-order valence-corrected chi connectivity index (χ4v) is 3.54. The standard InChI is InChI=1S/C18H15N3S/c1-12-4-3-5-13(2)17(12)21-9-8-19-18(21)14-6-7-16-15(10-14)20-11-22-16/h3-11H,1-2H3. The zero-order valence-corrected chi connectivity index (χ0v) is 13.3. The lowest BCUT2D eigenvalue weighted by atomic mass is 10.1. The molecule has 0 unspecified atom stereocenters. The van der Waals surface area contributed by atoms with Crippen molar-refractivity contribution in [2.45, 2.75) is 13.8 Å². The van der Waals surface area contributed by atoms with E-state index < -0.39 is 0 Å². The van der Waals surface area contributed by atoms with E-state index >= 15 is 0 Å². The molecule has 108 valence electrons. The van der Waals surface area contributed by atoms with Crippen LogP contribution in [-0.2, 0) is 0 Å². The second-order valence-corrected chi connectivity index (χ2v) is 6.28. The molecule has 0 amide bonds. The number of benzene rings is 2. The van der Waals surface area contributed by atoms with Gasteiger partial charge in [0.05, 0.1) is 21.4 Å². The largest absolute Gasteiger partial charge is 0.299 e. The molecule has 0 fully saturated rings. The van der Waals surface area contributed by atoms with Crippen LogP contribution in [0.4, 0.5) is 0 Å². The van der Waals surface area contributed by atoms with Gasteiger partial charge in [0.2, 0.25) is 0 Å². The summed E-state index contributed by atoms with van der Waals surface area (Å²) >= 11 is 1.66. The number of nitrogens with zero attached hydrogens (tertiary/aromatic N) is 3. The van der Waals surface area contributed by atoms with Gasteiger partial charge in [-0.15, -0.1) is 11.3 Å². The van der Waals surface area contributed by atoms with E-state index in [4.69, 9.17) is 0 Å². The van der Waals surface area contributed by atoms with E-state index in [1.807, 2.05) is 17.9 Å².